The van der Waals surface area contributed by atoms with Gasteiger partial charge in [0.2, 0.25) is 0 Å². The molecule has 1 aromatic carbocycles. The molecule has 23 heavy (non-hydrogen) atoms. The predicted molar refractivity (Wildman–Crippen MR) is 80.7 cm³/mol. The quantitative estimate of drug-likeness (QED) is 0.908. The van der Waals surface area contributed by atoms with Gasteiger partial charge in [-0.1, -0.05) is 0 Å². The maximum Gasteiger partial charge on any atom is 0.319 e. The number of rotatable bonds is 4. The molecule has 2 amide bonds. The van der Waals surface area contributed by atoms with Crippen molar-refractivity contribution in [3.05, 3.63) is 53.6 Å². The number of amides is 2. The summed E-state index contributed by atoms with van der Waals surface area (Å²) in [6.45, 7) is 1.86. The molecule has 1 heterocycles. The normalized spacial score (nSPS) is 15.1. The van der Waals surface area contributed by atoms with Crippen LogP contribution in [0, 0.1) is 24.5 Å². The summed E-state index contributed by atoms with van der Waals surface area (Å²) in [6, 6.07) is 4.19. The van der Waals surface area contributed by atoms with Crippen molar-refractivity contribution in [3.8, 4) is 0 Å². The number of anilines is 1. The molecule has 0 bridgehead atoms. The second kappa shape index (κ2) is 6.28. The topological polar surface area (TPSA) is 66.9 Å². The number of carbonyl (C=O) groups excluding carboxylic acids is 1. The highest BCUT2D eigenvalue weighted by Gasteiger charge is 2.35. The maximum absolute atomic E-state index is 13.2. The Balaban J connectivity index is 1.70. The van der Waals surface area contributed by atoms with Crippen LogP contribution in [0.5, 0.6) is 0 Å². The fraction of sp³-hybridized carbons (Fsp3) is 0.312. The first-order valence-electron chi connectivity index (χ1n) is 7.35. The van der Waals surface area contributed by atoms with Crippen molar-refractivity contribution in [2.45, 2.75) is 25.8 Å². The highest BCUT2D eigenvalue weighted by molar-refractivity contribution is 5.89. The molecule has 1 unspecified atom stereocenters. The highest BCUT2D eigenvalue weighted by Crippen LogP contribution is 2.39. The Labute approximate surface area is 132 Å². The largest absolute Gasteiger partial charge is 0.328 e. The smallest absolute Gasteiger partial charge is 0.319 e. The zero-order valence-corrected chi connectivity index (χ0v) is 12.5. The van der Waals surface area contributed by atoms with Crippen molar-refractivity contribution in [3.63, 3.8) is 0 Å². The summed E-state index contributed by atoms with van der Waals surface area (Å²) >= 11 is 0. The van der Waals surface area contributed by atoms with Gasteiger partial charge in [0.05, 0.1) is 6.04 Å². The molecule has 1 saturated carbocycles. The number of nitrogens with one attached hydrogen (secondary N) is 2. The Hall–Kier alpha value is -2.57. The van der Waals surface area contributed by atoms with Crippen LogP contribution in [-0.4, -0.2) is 16.0 Å². The van der Waals surface area contributed by atoms with Crippen molar-refractivity contribution < 1.29 is 13.6 Å². The molecular formula is C16H16F2N4O. The Morgan fingerprint density at radius 1 is 1.26 bits per heavy atom. The molecule has 1 aliphatic rings. The third-order valence-electron chi connectivity index (χ3n) is 3.65. The molecule has 7 heteroatoms. The first-order chi connectivity index (χ1) is 11.0. The number of carbonyl (C=O) groups is 1. The predicted octanol–water partition coefficient (Wildman–Crippen LogP) is 3.34. The molecule has 1 aliphatic carbocycles. The number of aryl methyl sites for hydroxylation is 1. The van der Waals surface area contributed by atoms with Crippen LogP contribution in [-0.2, 0) is 0 Å². The van der Waals surface area contributed by atoms with E-state index in [-0.39, 0.29) is 11.7 Å². The van der Waals surface area contributed by atoms with Crippen LogP contribution < -0.4 is 10.6 Å². The van der Waals surface area contributed by atoms with Crippen molar-refractivity contribution in [1.82, 2.24) is 15.3 Å². The third-order valence-corrected chi connectivity index (χ3v) is 3.65. The zero-order valence-electron chi connectivity index (χ0n) is 12.5. The molecule has 2 aromatic rings. The molecule has 0 radical (unpaired) electrons. The lowest BCUT2D eigenvalue weighted by Crippen LogP contribution is -2.34. The number of nitrogens with zero attached hydrogens (tertiary/aromatic N) is 2. The standard InChI is InChI=1S/C16H16F2N4O/c1-9-6-7-19-15(20-9)14(10-2-3-10)22-16(23)21-11-4-5-12(17)13(18)8-11/h4-8,10,14H,2-3H2,1H3,(H2,21,22,23). The van der Waals surface area contributed by atoms with Gasteiger partial charge in [-0.3, -0.25) is 0 Å². The molecule has 0 saturated heterocycles. The summed E-state index contributed by atoms with van der Waals surface area (Å²) in [7, 11) is 0. The molecule has 0 aliphatic heterocycles. The number of hydrogen-bond donors (Lipinski definition) is 2. The van der Waals surface area contributed by atoms with E-state index >= 15 is 0 Å². The molecular weight excluding hydrogens is 302 g/mol. The van der Waals surface area contributed by atoms with Crippen LogP contribution in [0.4, 0.5) is 19.3 Å². The van der Waals surface area contributed by atoms with Crippen LogP contribution in [0.3, 0.4) is 0 Å². The molecule has 1 atom stereocenters. The highest BCUT2D eigenvalue weighted by atomic mass is 19.2. The zero-order chi connectivity index (χ0) is 16.4. The first-order valence-corrected chi connectivity index (χ1v) is 7.35. The van der Waals surface area contributed by atoms with Crippen molar-refractivity contribution in [2.24, 2.45) is 5.92 Å². The molecule has 0 spiro atoms. The van der Waals surface area contributed by atoms with E-state index in [0.29, 0.717) is 11.7 Å². The Bertz CT molecular complexity index is 734. The fourth-order valence-corrected chi connectivity index (χ4v) is 2.32. The third kappa shape index (κ3) is 3.80. The van der Waals surface area contributed by atoms with E-state index in [1.54, 1.807) is 12.3 Å². The van der Waals surface area contributed by atoms with E-state index in [1.165, 1.54) is 6.07 Å². The van der Waals surface area contributed by atoms with Crippen LogP contribution >= 0.6 is 0 Å². The van der Waals surface area contributed by atoms with Gasteiger partial charge in [0.15, 0.2) is 17.5 Å². The molecule has 3 rings (SSSR count). The Morgan fingerprint density at radius 2 is 2.04 bits per heavy atom. The Morgan fingerprint density at radius 3 is 2.70 bits per heavy atom. The van der Waals surface area contributed by atoms with Crippen LogP contribution in [0.2, 0.25) is 0 Å². The molecule has 1 fully saturated rings. The summed E-state index contributed by atoms with van der Waals surface area (Å²) < 4.78 is 26.1. The van der Waals surface area contributed by atoms with Gasteiger partial charge in [-0.25, -0.2) is 23.5 Å². The molecule has 2 N–H and O–H groups in total. The monoisotopic (exact) mass is 318 g/mol. The first kappa shape index (κ1) is 15.3. The SMILES string of the molecule is Cc1ccnc(C(NC(=O)Nc2ccc(F)c(F)c2)C2CC2)n1. The van der Waals surface area contributed by atoms with Crippen molar-refractivity contribution in [1.29, 1.82) is 0 Å². The van der Waals surface area contributed by atoms with Crippen molar-refractivity contribution >= 4 is 11.7 Å². The molecule has 1 aromatic heterocycles. The molecule has 5 nitrogen and oxygen atoms in total. The van der Waals surface area contributed by atoms with Gasteiger partial charge in [-0.15, -0.1) is 0 Å². The second-order valence-corrected chi connectivity index (χ2v) is 5.60. The van der Waals surface area contributed by atoms with Gasteiger partial charge >= 0.3 is 6.03 Å². The summed E-state index contributed by atoms with van der Waals surface area (Å²) in [5.74, 6) is -1.11. The van der Waals surface area contributed by atoms with Gasteiger partial charge in [0.1, 0.15) is 0 Å². The average Bonchev–Trinajstić information content (AvgIpc) is 3.33. The van der Waals surface area contributed by atoms with Crippen molar-refractivity contribution in [2.75, 3.05) is 5.32 Å². The van der Waals surface area contributed by atoms with E-state index in [4.69, 9.17) is 0 Å². The number of hydrogen-bond acceptors (Lipinski definition) is 3. The summed E-state index contributed by atoms with van der Waals surface area (Å²) in [4.78, 5) is 20.7. The van der Waals surface area contributed by atoms with E-state index in [0.717, 1.165) is 30.7 Å². The number of halogens is 2. The lowest BCUT2D eigenvalue weighted by atomic mass is 10.1. The minimum Gasteiger partial charge on any atom is -0.328 e. The van der Waals surface area contributed by atoms with Crippen LogP contribution in [0.1, 0.15) is 30.4 Å². The minimum atomic E-state index is -1.01. The summed E-state index contributed by atoms with van der Waals surface area (Å²) in [5, 5.41) is 5.31. The van der Waals surface area contributed by atoms with Gasteiger partial charge < -0.3 is 10.6 Å². The Kier molecular flexibility index (Phi) is 4.18. The van der Waals surface area contributed by atoms with E-state index in [1.807, 2.05) is 6.92 Å². The van der Waals surface area contributed by atoms with Crippen LogP contribution in [0.25, 0.3) is 0 Å². The lowest BCUT2D eigenvalue weighted by Gasteiger charge is -2.17. The number of benzene rings is 1. The second-order valence-electron chi connectivity index (χ2n) is 5.60. The maximum atomic E-state index is 13.2. The van der Waals surface area contributed by atoms with Gasteiger partial charge in [0, 0.05) is 23.6 Å². The van der Waals surface area contributed by atoms with E-state index in [2.05, 4.69) is 20.6 Å². The van der Waals surface area contributed by atoms with Gasteiger partial charge in [-0.05, 0) is 43.9 Å². The van der Waals surface area contributed by atoms with E-state index in [9.17, 15) is 13.6 Å². The van der Waals surface area contributed by atoms with E-state index < -0.39 is 17.7 Å². The van der Waals surface area contributed by atoms with Gasteiger partial charge in [-0.2, -0.15) is 0 Å². The number of urea groups is 1. The van der Waals surface area contributed by atoms with Gasteiger partial charge in [0.25, 0.3) is 0 Å². The average molecular weight is 318 g/mol. The van der Waals surface area contributed by atoms with Crippen LogP contribution in [0.15, 0.2) is 30.5 Å². The minimum absolute atomic E-state index is 0.182. The lowest BCUT2D eigenvalue weighted by molar-refractivity contribution is 0.246. The fourth-order valence-electron chi connectivity index (χ4n) is 2.32. The summed E-state index contributed by atoms with van der Waals surface area (Å²) in [5.41, 5.74) is 1.00. The number of aromatic nitrogens is 2. The molecule has 120 valence electrons. The summed E-state index contributed by atoms with van der Waals surface area (Å²) in [6.07, 6.45) is 3.64.